The van der Waals surface area contributed by atoms with E-state index in [9.17, 15) is 4.79 Å². The summed E-state index contributed by atoms with van der Waals surface area (Å²) < 4.78 is 5.92. The van der Waals surface area contributed by atoms with Gasteiger partial charge in [0.15, 0.2) is 0 Å². The summed E-state index contributed by atoms with van der Waals surface area (Å²) in [4.78, 5) is 12.2. The Morgan fingerprint density at radius 1 is 1.24 bits per heavy atom. The summed E-state index contributed by atoms with van der Waals surface area (Å²) in [5, 5.41) is 2.80. The highest BCUT2D eigenvalue weighted by molar-refractivity contribution is 9.10. The molecule has 2 aromatic carbocycles. The molecular weight excluding hydrogens is 332 g/mol. The van der Waals surface area contributed by atoms with E-state index in [1.54, 1.807) is 25.3 Å². The van der Waals surface area contributed by atoms with Crippen molar-refractivity contribution >= 4 is 27.5 Å². The van der Waals surface area contributed by atoms with Gasteiger partial charge in [-0.2, -0.15) is 0 Å². The molecule has 0 aliphatic heterocycles. The number of halogens is 1. The molecule has 0 saturated carbocycles. The van der Waals surface area contributed by atoms with Crippen LogP contribution >= 0.6 is 15.9 Å². The molecule has 1 amide bonds. The van der Waals surface area contributed by atoms with Crippen molar-refractivity contribution in [1.82, 2.24) is 0 Å². The van der Waals surface area contributed by atoms with Gasteiger partial charge in [0.05, 0.1) is 11.6 Å². The predicted octanol–water partition coefficient (Wildman–Crippen LogP) is 3.40. The fourth-order valence-electron chi connectivity index (χ4n) is 1.89. The second-order valence-corrected chi connectivity index (χ2v) is 5.58. The number of aryl methyl sites for hydroxylation is 1. The number of rotatable bonds is 4. The first-order valence-corrected chi connectivity index (χ1v) is 7.27. The van der Waals surface area contributed by atoms with Crippen LogP contribution in [0.3, 0.4) is 0 Å². The van der Waals surface area contributed by atoms with Gasteiger partial charge < -0.3 is 15.8 Å². The molecule has 0 fully saturated rings. The molecule has 2 aromatic rings. The van der Waals surface area contributed by atoms with Crippen LogP contribution in [0.2, 0.25) is 0 Å². The van der Waals surface area contributed by atoms with Gasteiger partial charge in [-0.1, -0.05) is 29.8 Å². The number of methoxy groups -OCH3 is 1. The standard InChI is InChI=1S/C16H17BrN2O2/c1-10-3-5-11(6-4-10)15(18)16(20)19-12-7-8-14(21-2)13(17)9-12/h3-9,15H,18H2,1-2H3,(H,19,20). The van der Waals surface area contributed by atoms with Gasteiger partial charge in [-0.3, -0.25) is 4.79 Å². The molecule has 0 bridgehead atoms. The van der Waals surface area contributed by atoms with E-state index in [4.69, 9.17) is 10.5 Å². The monoisotopic (exact) mass is 348 g/mol. The van der Waals surface area contributed by atoms with Crippen molar-refractivity contribution in [1.29, 1.82) is 0 Å². The van der Waals surface area contributed by atoms with Crippen molar-refractivity contribution in [2.24, 2.45) is 5.73 Å². The molecule has 2 rings (SSSR count). The van der Waals surface area contributed by atoms with Gasteiger partial charge in [0.2, 0.25) is 5.91 Å². The summed E-state index contributed by atoms with van der Waals surface area (Å²) in [6, 6.07) is 12.2. The maximum Gasteiger partial charge on any atom is 0.245 e. The fourth-order valence-corrected chi connectivity index (χ4v) is 2.43. The minimum Gasteiger partial charge on any atom is -0.496 e. The Kier molecular flexibility index (Phi) is 4.98. The van der Waals surface area contributed by atoms with Gasteiger partial charge >= 0.3 is 0 Å². The third kappa shape index (κ3) is 3.83. The Morgan fingerprint density at radius 3 is 2.48 bits per heavy atom. The zero-order chi connectivity index (χ0) is 15.4. The van der Waals surface area contributed by atoms with Crippen molar-refractivity contribution in [2.75, 3.05) is 12.4 Å². The summed E-state index contributed by atoms with van der Waals surface area (Å²) in [5.74, 6) is 0.451. The average Bonchev–Trinajstić information content (AvgIpc) is 2.47. The van der Waals surface area contributed by atoms with Crippen LogP contribution in [0.5, 0.6) is 5.75 Å². The lowest BCUT2D eigenvalue weighted by Gasteiger charge is -2.13. The number of carbonyl (C=O) groups is 1. The van der Waals surface area contributed by atoms with Crippen LogP contribution in [0.25, 0.3) is 0 Å². The highest BCUT2D eigenvalue weighted by Crippen LogP contribution is 2.28. The summed E-state index contributed by atoms with van der Waals surface area (Å²) in [7, 11) is 1.59. The maximum atomic E-state index is 12.2. The van der Waals surface area contributed by atoms with E-state index in [1.165, 1.54) is 0 Å². The Hall–Kier alpha value is -1.85. The molecule has 1 unspecified atom stereocenters. The number of ether oxygens (including phenoxy) is 1. The second kappa shape index (κ2) is 6.74. The normalized spacial score (nSPS) is 11.8. The molecule has 21 heavy (non-hydrogen) atoms. The molecule has 1 atom stereocenters. The van der Waals surface area contributed by atoms with Crippen molar-refractivity contribution < 1.29 is 9.53 Å². The van der Waals surface area contributed by atoms with Crippen LogP contribution < -0.4 is 15.8 Å². The molecular formula is C16H17BrN2O2. The molecule has 0 radical (unpaired) electrons. The largest absolute Gasteiger partial charge is 0.496 e. The number of hydrogen-bond acceptors (Lipinski definition) is 3. The molecule has 0 aromatic heterocycles. The van der Waals surface area contributed by atoms with Gasteiger partial charge in [-0.15, -0.1) is 0 Å². The van der Waals surface area contributed by atoms with Crippen molar-refractivity contribution in [3.8, 4) is 5.75 Å². The van der Waals surface area contributed by atoms with Gasteiger partial charge in [-0.05, 0) is 46.6 Å². The van der Waals surface area contributed by atoms with E-state index in [2.05, 4.69) is 21.2 Å². The van der Waals surface area contributed by atoms with Crippen LogP contribution in [-0.4, -0.2) is 13.0 Å². The van der Waals surface area contributed by atoms with Crippen LogP contribution in [0.15, 0.2) is 46.9 Å². The van der Waals surface area contributed by atoms with Crippen LogP contribution in [0.1, 0.15) is 17.2 Å². The van der Waals surface area contributed by atoms with Crippen LogP contribution in [-0.2, 0) is 4.79 Å². The number of nitrogens with one attached hydrogen (secondary N) is 1. The third-order valence-corrected chi connectivity index (χ3v) is 3.76. The van der Waals surface area contributed by atoms with Gasteiger partial charge in [0, 0.05) is 5.69 Å². The van der Waals surface area contributed by atoms with Crippen molar-refractivity contribution in [3.05, 3.63) is 58.1 Å². The molecule has 4 nitrogen and oxygen atoms in total. The maximum absolute atomic E-state index is 12.2. The van der Waals surface area contributed by atoms with E-state index in [0.29, 0.717) is 11.4 Å². The van der Waals surface area contributed by atoms with Crippen LogP contribution in [0.4, 0.5) is 5.69 Å². The number of anilines is 1. The lowest BCUT2D eigenvalue weighted by Crippen LogP contribution is -2.27. The topological polar surface area (TPSA) is 64.3 Å². The van der Waals surface area contributed by atoms with E-state index >= 15 is 0 Å². The predicted molar refractivity (Wildman–Crippen MR) is 87.4 cm³/mol. The van der Waals surface area contributed by atoms with E-state index < -0.39 is 6.04 Å². The molecule has 5 heteroatoms. The van der Waals surface area contributed by atoms with Crippen molar-refractivity contribution in [2.45, 2.75) is 13.0 Å². The molecule has 3 N–H and O–H groups in total. The van der Waals surface area contributed by atoms with E-state index in [0.717, 1.165) is 15.6 Å². The molecule has 0 aliphatic carbocycles. The number of benzene rings is 2. The first-order chi connectivity index (χ1) is 10.0. The average molecular weight is 349 g/mol. The summed E-state index contributed by atoms with van der Waals surface area (Å²) >= 11 is 3.38. The minimum atomic E-state index is -0.702. The van der Waals surface area contributed by atoms with Crippen molar-refractivity contribution in [3.63, 3.8) is 0 Å². The summed E-state index contributed by atoms with van der Waals surface area (Å²) in [5.41, 5.74) is 8.56. The zero-order valence-electron chi connectivity index (χ0n) is 11.9. The van der Waals surface area contributed by atoms with Gasteiger partial charge in [0.1, 0.15) is 11.8 Å². The number of nitrogens with two attached hydrogens (primary N) is 1. The molecule has 0 saturated heterocycles. The minimum absolute atomic E-state index is 0.254. The zero-order valence-corrected chi connectivity index (χ0v) is 13.5. The summed E-state index contributed by atoms with van der Waals surface area (Å²) in [6.07, 6.45) is 0. The second-order valence-electron chi connectivity index (χ2n) is 4.73. The Labute approximate surface area is 132 Å². The number of hydrogen-bond donors (Lipinski definition) is 2. The highest BCUT2D eigenvalue weighted by atomic mass is 79.9. The molecule has 0 aliphatic rings. The third-order valence-electron chi connectivity index (χ3n) is 3.14. The van der Waals surface area contributed by atoms with Crippen LogP contribution in [0, 0.1) is 6.92 Å². The smallest absolute Gasteiger partial charge is 0.245 e. The van der Waals surface area contributed by atoms with E-state index in [1.807, 2.05) is 31.2 Å². The highest BCUT2D eigenvalue weighted by Gasteiger charge is 2.16. The van der Waals surface area contributed by atoms with Gasteiger partial charge in [0.25, 0.3) is 0 Å². The first kappa shape index (κ1) is 15.5. The van der Waals surface area contributed by atoms with Gasteiger partial charge in [-0.25, -0.2) is 0 Å². The fraction of sp³-hybridized carbons (Fsp3) is 0.188. The molecule has 0 heterocycles. The first-order valence-electron chi connectivity index (χ1n) is 6.48. The molecule has 0 spiro atoms. The summed E-state index contributed by atoms with van der Waals surface area (Å²) in [6.45, 7) is 1.99. The quantitative estimate of drug-likeness (QED) is 0.889. The number of amides is 1. The molecule has 110 valence electrons. The lowest BCUT2D eigenvalue weighted by molar-refractivity contribution is -0.117. The Balaban J connectivity index is 2.10. The lowest BCUT2D eigenvalue weighted by atomic mass is 10.1. The Bertz CT molecular complexity index is 641. The van der Waals surface area contributed by atoms with E-state index in [-0.39, 0.29) is 5.91 Å². The number of carbonyl (C=O) groups excluding carboxylic acids is 1. The Morgan fingerprint density at radius 2 is 1.90 bits per heavy atom. The SMILES string of the molecule is COc1ccc(NC(=O)C(N)c2ccc(C)cc2)cc1Br.